The van der Waals surface area contributed by atoms with Gasteiger partial charge >= 0.3 is 5.69 Å². The first-order valence-corrected chi connectivity index (χ1v) is 9.92. The highest BCUT2D eigenvalue weighted by Gasteiger charge is 2.13. The van der Waals surface area contributed by atoms with Crippen molar-refractivity contribution in [3.8, 4) is 0 Å². The maximum Gasteiger partial charge on any atom is 0.329 e. The number of fused-ring (bicyclic) bond motifs is 1. The summed E-state index contributed by atoms with van der Waals surface area (Å²) in [5.41, 5.74) is 2.81. The van der Waals surface area contributed by atoms with Gasteiger partial charge in [0.25, 0.3) is 0 Å². The molecule has 136 valence electrons. The van der Waals surface area contributed by atoms with E-state index in [-0.39, 0.29) is 18.1 Å². The van der Waals surface area contributed by atoms with Crippen molar-refractivity contribution >= 4 is 28.7 Å². The first-order valence-electron chi connectivity index (χ1n) is 8.77. The minimum Gasteiger partial charge on any atom is -0.354 e. The molecule has 3 rings (SSSR count). The van der Waals surface area contributed by atoms with Crippen LogP contribution < -0.4 is 11.0 Å². The molecule has 0 atom stereocenters. The van der Waals surface area contributed by atoms with Crippen molar-refractivity contribution in [2.24, 2.45) is 0 Å². The monoisotopic (exact) mass is 369 g/mol. The Hall–Kier alpha value is -2.47. The molecule has 0 bridgehead atoms. The maximum atomic E-state index is 12.5. The van der Waals surface area contributed by atoms with Crippen molar-refractivity contribution in [2.75, 3.05) is 12.3 Å². The quantitative estimate of drug-likeness (QED) is 0.621. The molecule has 3 aromatic rings. The van der Waals surface area contributed by atoms with Crippen molar-refractivity contribution in [1.82, 2.24) is 14.5 Å². The summed E-state index contributed by atoms with van der Waals surface area (Å²) in [6.07, 6.45) is 0. The van der Waals surface area contributed by atoms with Crippen LogP contribution in [0.15, 0.2) is 59.4 Å². The number of hydrogen-bond acceptors (Lipinski definition) is 3. The molecule has 1 aromatic heterocycles. The molecule has 0 saturated carbocycles. The highest BCUT2D eigenvalue weighted by atomic mass is 32.2. The van der Waals surface area contributed by atoms with Crippen LogP contribution in [-0.4, -0.2) is 27.3 Å². The molecule has 26 heavy (non-hydrogen) atoms. The Balaban J connectivity index is 1.53. The minimum atomic E-state index is -0.137. The van der Waals surface area contributed by atoms with E-state index in [1.54, 1.807) is 20.9 Å². The standard InChI is InChI=1S/C20H23N3O2S/c1-2-22-17-10-6-7-11-18(17)23(20(22)25)14-19(24)21-12-13-26-15-16-8-4-3-5-9-16/h3-11H,2,12-15H2,1H3,(H,21,24). The van der Waals surface area contributed by atoms with Crippen LogP contribution in [-0.2, 0) is 23.6 Å². The van der Waals surface area contributed by atoms with E-state index in [0.29, 0.717) is 13.1 Å². The summed E-state index contributed by atoms with van der Waals surface area (Å²) in [5, 5.41) is 2.91. The molecule has 0 aliphatic heterocycles. The van der Waals surface area contributed by atoms with Gasteiger partial charge in [0.1, 0.15) is 6.54 Å². The topological polar surface area (TPSA) is 56.0 Å². The summed E-state index contributed by atoms with van der Waals surface area (Å²) in [4.78, 5) is 24.8. The number of nitrogens with zero attached hydrogens (tertiary/aromatic N) is 2. The normalized spacial score (nSPS) is 11.0. The molecule has 2 aromatic carbocycles. The van der Waals surface area contributed by atoms with Gasteiger partial charge in [-0.15, -0.1) is 0 Å². The summed E-state index contributed by atoms with van der Waals surface area (Å²) in [6.45, 7) is 3.17. The second kappa shape index (κ2) is 8.76. The number of para-hydroxylation sites is 2. The lowest BCUT2D eigenvalue weighted by molar-refractivity contribution is -0.121. The van der Waals surface area contributed by atoms with Gasteiger partial charge in [-0.25, -0.2) is 4.79 Å². The van der Waals surface area contributed by atoms with Crippen LogP contribution in [0.2, 0.25) is 0 Å². The van der Waals surface area contributed by atoms with Crippen molar-refractivity contribution in [3.63, 3.8) is 0 Å². The van der Waals surface area contributed by atoms with Crippen LogP contribution in [0.3, 0.4) is 0 Å². The molecule has 1 amide bonds. The van der Waals surface area contributed by atoms with E-state index in [9.17, 15) is 9.59 Å². The molecule has 0 aliphatic carbocycles. The highest BCUT2D eigenvalue weighted by molar-refractivity contribution is 7.98. The smallest absolute Gasteiger partial charge is 0.329 e. The number of hydrogen-bond donors (Lipinski definition) is 1. The lowest BCUT2D eigenvalue weighted by Gasteiger charge is -2.06. The average molecular weight is 369 g/mol. The SMILES string of the molecule is CCn1c(=O)n(CC(=O)NCCSCc2ccccc2)c2ccccc21. The minimum absolute atomic E-state index is 0.0513. The Morgan fingerprint density at radius 3 is 2.35 bits per heavy atom. The molecule has 1 heterocycles. The van der Waals surface area contributed by atoms with Gasteiger partial charge in [0, 0.05) is 24.6 Å². The van der Waals surface area contributed by atoms with E-state index < -0.39 is 0 Å². The zero-order valence-corrected chi connectivity index (χ0v) is 15.7. The van der Waals surface area contributed by atoms with E-state index >= 15 is 0 Å². The molecule has 0 radical (unpaired) electrons. The molecular weight excluding hydrogens is 346 g/mol. The summed E-state index contributed by atoms with van der Waals surface area (Å²) in [5.74, 6) is 1.64. The maximum absolute atomic E-state index is 12.5. The lowest BCUT2D eigenvalue weighted by atomic mass is 10.2. The summed E-state index contributed by atoms with van der Waals surface area (Å²) in [6, 6.07) is 17.8. The Labute approximate surface area is 157 Å². The van der Waals surface area contributed by atoms with Gasteiger partial charge in [-0.1, -0.05) is 42.5 Å². The fourth-order valence-electron chi connectivity index (χ4n) is 2.96. The van der Waals surface area contributed by atoms with Crippen LogP contribution in [0, 0.1) is 0 Å². The third-order valence-electron chi connectivity index (χ3n) is 4.22. The Bertz CT molecular complexity index is 931. The summed E-state index contributed by atoms with van der Waals surface area (Å²) < 4.78 is 3.24. The number of amides is 1. The number of imidazole rings is 1. The van der Waals surface area contributed by atoms with Crippen LogP contribution in [0.25, 0.3) is 11.0 Å². The fraction of sp³-hybridized carbons (Fsp3) is 0.300. The number of rotatable bonds is 8. The molecule has 0 spiro atoms. The zero-order chi connectivity index (χ0) is 18.4. The lowest BCUT2D eigenvalue weighted by Crippen LogP contribution is -2.34. The molecular formula is C20H23N3O2S. The zero-order valence-electron chi connectivity index (χ0n) is 14.9. The van der Waals surface area contributed by atoms with Gasteiger partial charge in [-0.3, -0.25) is 13.9 Å². The number of carbonyl (C=O) groups is 1. The van der Waals surface area contributed by atoms with Gasteiger partial charge < -0.3 is 5.32 Å². The summed E-state index contributed by atoms with van der Waals surface area (Å²) >= 11 is 1.78. The Morgan fingerprint density at radius 1 is 1.00 bits per heavy atom. The molecule has 0 saturated heterocycles. The van der Waals surface area contributed by atoms with Crippen molar-refractivity contribution in [3.05, 3.63) is 70.6 Å². The largest absolute Gasteiger partial charge is 0.354 e. The number of benzene rings is 2. The fourth-order valence-corrected chi connectivity index (χ4v) is 3.78. The van der Waals surface area contributed by atoms with Gasteiger partial charge in [0.05, 0.1) is 11.0 Å². The predicted molar refractivity (Wildman–Crippen MR) is 107 cm³/mol. The van der Waals surface area contributed by atoms with Crippen LogP contribution in [0.1, 0.15) is 12.5 Å². The van der Waals surface area contributed by atoms with Crippen molar-refractivity contribution in [1.29, 1.82) is 0 Å². The number of thioether (sulfide) groups is 1. The second-order valence-electron chi connectivity index (χ2n) is 5.99. The number of nitrogens with one attached hydrogen (secondary N) is 1. The van der Waals surface area contributed by atoms with Gasteiger partial charge in [0.15, 0.2) is 0 Å². The second-order valence-corrected chi connectivity index (χ2v) is 7.10. The van der Waals surface area contributed by atoms with Crippen molar-refractivity contribution in [2.45, 2.75) is 25.8 Å². The van der Waals surface area contributed by atoms with Crippen molar-refractivity contribution < 1.29 is 4.79 Å². The van der Waals surface area contributed by atoms with E-state index in [1.807, 2.05) is 49.4 Å². The molecule has 0 unspecified atom stereocenters. The Kier molecular flexibility index (Phi) is 6.17. The highest BCUT2D eigenvalue weighted by Crippen LogP contribution is 2.13. The van der Waals surface area contributed by atoms with Gasteiger partial charge in [0.2, 0.25) is 5.91 Å². The summed E-state index contributed by atoms with van der Waals surface area (Å²) in [7, 11) is 0. The first-order chi connectivity index (χ1) is 12.7. The van der Waals surface area contributed by atoms with E-state index in [2.05, 4.69) is 17.4 Å². The van der Waals surface area contributed by atoms with Crippen LogP contribution in [0.5, 0.6) is 0 Å². The average Bonchev–Trinajstić information content (AvgIpc) is 2.93. The van der Waals surface area contributed by atoms with E-state index in [4.69, 9.17) is 0 Å². The van der Waals surface area contributed by atoms with Gasteiger partial charge in [-0.2, -0.15) is 11.8 Å². The molecule has 1 N–H and O–H groups in total. The Morgan fingerprint density at radius 2 is 1.65 bits per heavy atom. The van der Waals surface area contributed by atoms with Crippen LogP contribution >= 0.6 is 11.8 Å². The molecule has 0 aliphatic rings. The third-order valence-corrected chi connectivity index (χ3v) is 5.25. The van der Waals surface area contributed by atoms with E-state index in [1.165, 1.54) is 5.56 Å². The molecule has 5 nitrogen and oxygen atoms in total. The number of aromatic nitrogens is 2. The molecule has 0 fully saturated rings. The predicted octanol–water partition coefficient (Wildman–Crippen LogP) is 2.87. The van der Waals surface area contributed by atoms with Gasteiger partial charge in [-0.05, 0) is 24.6 Å². The van der Waals surface area contributed by atoms with Crippen LogP contribution in [0.4, 0.5) is 0 Å². The van der Waals surface area contributed by atoms with E-state index in [0.717, 1.165) is 22.5 Å². The number of aryl methyl sites for hydroxylation is 1. The first kappa shape index (κ1) is 18.3. The third kappa shape index (κ3) is 4.19. The molecule has 6 heteroatoms. The number of carbonyl (C=O) groups excluding carboxylic acids is 1.